The maximum atomic E-state index is 12.3. The van der Waals surface area contributed by atoms with Crippen molar-refractivity contribution in [3.63, 3.8) is 0 Å². The van der Waals surface area contributed by atoms with Gasteiger partial charge in [0.25, 0.3) is 0 Å². The Morgan fingerprint density at radius 3 is 2.83 bits per heavy atom. The van der Waals surface area contributed by atoms with Gasteiger partial charge in [-0.15, -0.1) is 0 Å². The molecule has 0 radical (unpaired) electrons. The first-order valence-corrected chi connectivity index (χ1v) is 4.44. The Kier molecular flexibility index (Phi) is 3.88. The predicted octanol–water partition coefficient (Wildman–Crippen LogP) is 0.922. The molecular formula is C8H16F2N2. The number of halogens is 2. The molecule has 1 unspecified atom stereocenters. The van der Waals surface area contributed by atoms with Crippen LogP contribution in [0.15, 0.2) is 0 Å². The van der Waals surface area contributed by atoms with E-state index < -0.39 is 12.3 Å². The van der Waals surface area contributed by atoms with E-state index in [1.807, 2.05) is 4.90 Å². The molecule has 12 heavy (non-hydrogen) atoms. The molecule has 1 fully saturated rings. The average Bonchev–Trinajstić information content (AvgIpc) is 2.05. The number of piperidine rings is 1. The van der Waals surface area contributed by atoms with Crippen molar-refractivity contribution in [2.45, 2.75) is 19.3 Å². The Labute approximate surface area is 71.7 Å². The smallest absolute Gasteiger partial charge is 0.242 e. The summed E-state index contributed by atoms with van der Waals surface area (Å²) in [5.74, 6) is -0.426. The second-order valence-electron chi connectivity index (χ2n) is 3.33. The van der Waals surface area contributed by atoms with Crippen LogP contribution >= 0.6 is 0 Å². The van der Waals surface area contributed by atoms with Crippen LogP contribution in [0.4, 0.5) is 8.78 Å². The molecule has 1 aliphatic rings. The number of likely N-dealkylation sites (tertiary alicyclic amines) is 1. The molecule has 0 bridgehead atoms. The summed E-state index contributed by atoms with van der Waals surface area (Å²) in [4.78, 5) is 2.03. The van der Waals surface area contributed by atoms with Gasteiger partial charge in [0.15, 0.2) is 0 Å². The van der Waals surface area contributed by atoms with Crippen LogP contribution in [0.25, 0.3) is 0 Å². The SMILES string of the molecule is NCCN1CCCC(C(F)F)C1. The van der Waals surface area contributed by atoms with Gasteiger partial charge in [0.05, 0.1) is 0 Å². The molecule has 0 aromatic carbocycles. The van der Waals surface area contributed by atoms with Crippen molar-refractivity contribution in [2.24, 2.45) is 11.7 Å². The molecule has 0 amide bonds. The minimum atomic E-state index is -2.16. The normalized spacial score (nSPS) is 26.5. The third kappa shape index (κ3) is 2.68. The zero-order valence-electron chi connectivity index (χ0n) is 7.18. The van der Waals surface area contributed by atoms with E-state index >= 15 is 0 Å². The summed E-state index contributed by atoms with van der Waals surface area (Å²) in [5.41, 5.74) is 5.35. The zero-order chi connectivity index (χ0) is 8.97. The minimum Gasteiger partial charge on any atom is -0.329 e. The standard InChI is InChI=1S/C8H16F2N2/c9-8(10)7-2-1-4-12(6-7)5-3-11/h7-8H,1-6,11H2. The Balaban J connectivity index is 2.30. The fraction of sp³-hybridized carbons (Fsp3) is 1.00. The van der Waals surface area contributed by atoms with Gasteiger partial charge >= 0.3 is 0 Å². The number of hydrogen-bond donors (Lipinski definition) is 1. The lowest BCUT2D eigenvalue weighted by atomic mass is 9.99. The van der Waals surface area contributed by atoms with Crippen LogP contribution in [0.1, 0.15) is 12.8 Å². The fourth-order valence-corrected chi connectivity index (χ4v) is 1.68. The maximum Gasteiger partial charge on any atom is 0.242 e. The van der Waals surface area contributed by atoms with Crippen molar-refractivity contribution >= 4 is 0 Å². The average molecular weight is 178 g/mol. The second-order valence-corrected chi connectivity index (χ2v) is 3.33. The van der Waals surface area contributed by atoms with Crippen LogP contribution in [0.2, 0.25) is 0 Å². The van der Waals surface area contributed by atoms with E-state index in [1.165, 1.54) is 0 Å². The summed E-state index contributed by atoms with van der Waals surface area (Å²) in [6.45, 7) is 2.77. The highest BCUT2D eigenvalue weighted by Crippen LogP contribution is 2.21. The van der Waals surface area contributed by atoms with Crippen molar-refractivity contribution in [3.8, 4) is 0 Å². The topological polar surface area (TPSA) is 29.3 Å². The van der Waals surface area contributed by atoms with Gasteiger partial charge in [-0.1, -0.05) is 0 Å². The van der Waals surface area contributed by atoms with Crippen molar-refractivity contribution in [1.82, 2.24) is 4.90 Å². The quantitative estimate of drug-likeness (QED) is 0.696. The Hall–Kier alpha value is -0.220. The molecule has 1 heterocycles. The molecule has 0 aliphatic carbocycles. The van der Waals surface area contributed by atoms with E-state index in [0.29, 0.717) is 19.5 Å². The summed E-state index contributed by atoms with van der Waals surface area (Å²) >= 11 is 0. The molecule has 0 saturated carbocycles. The summed E-state index contributed by atoms with van der Waals surface area (Å²) in [5, 5.41) is 0. The molecule has 4 heteroatoms. The Morgan fingerprint density at radius 1 is 1.50 bits per heavy atom. The lowest BCUT2D eigenvalue weighted by Gasteiger charge is -2.31. The molecule has 0 aromatic heterocycles. The van der Waals surface area contributed by atoms with Crippen LogP contribution in [0, 0.1) is 5.92 Å². The van der Waals surface area contributed by atoms with Crippen molar-refractivity contribution in [3.05, 3.63) is 0 Å². The third-order valence-electron chi connectivity index (χ3n) is 2.34. The summed E-state index contributed by atoms with van der Waals surface area (Å²) in [6, 6.07) is 0. The lowest BCUT2D eigenvalue weighted by Crippen LogP contribution is -2.40. The van der Waals surface area contributed by atoms with Gasteiger partial charge in [-0.3, -0.25) is 0 Å². The van der Waals surface area contributed by atoms with Gasteiger partial charge in [0, 0.05) is 25.6 Å². The largest absolute Gasteiger partial charge is 0.329 e. The molecule has 1 atom stereocenters. The summed E-state index contributed by atoms with van der Waals surface area (Å²) in [7, 11) is 0. The van der Waals surface area contributed by atoms with Crippen molar-refractivity contribution in [2.75, 3.05) is 26.2 Å². The van der Waals surface area contributed by atoms with Gasteiger partial charge in [-0.25, -0.2) is 8.78 Å². The van der Waals surface area contributed by atoms with E-state index in [9.17, 15) is 8.78 Å². The van der Waals surface area contributed by atoms with Crippen LogP contribution in [-0.4, -0.2) is 37.5 Å². The zero-order valence-corrected chi connectivity index (χ0v) is 7.18. The van der Waals surface area contributed by atoms with Crippen LogP contribution < -0.4 is 5.73 Å². The lowest BCUT2D eigenvalue weighted by molar-refractivity contribution is 0.0286. The van der Waals surface area contributed by atoms with Crippen LogP contribution in [0.5, 0.6) is 0 Å². The molecule has 2 N–H and O–H groups in total. The number of hydrogen-bond acceptors (Lipinski definition) is 2. The van der Waals surface area contributed by atoms with Crippen LogP contribution in [0.3, 0.4) is 0 Å². The molecule has 72 valence electrons. The second kappa shape index (κ2) is 4.72. The van der Waals surface area contributed by atoms with E-state index in [4.69, 9.17) is 5.73 Å². The maximum absolute atomic E-state index is 12.3. The van der Waals surface area contributed by atoms with Crippen molar-refractivity contribution in [1.29, 1.82) is 0 Å². The van der Waals surface area contributed by atoms with E-state index in [-0.39, 0.29) is 0 Å². The highest BCUT2D eigenvalue weighted by atomic mass is 19.3. The number of nitrogens with zero attached hydrogens (tertiary/aromatic N) is 1. The highest BCUT2D eigenvalue weighted by Gasteiger charge is 2.26. The van der Waals surface area contributed by atoms with Gasteiger partial charge in [-0.05, 0) is 19.4 Å². The first kappa shape index (κ1) is 9.86. The third-order valence-corrected chi connectivity index (χ3v) is 2.34. The number of nitrogens with two attached hydrogens (primary N) is 1. The number of rotatable bonds is 3. The molecule has 1 saturated heterocycles. The van der Waals surface area contributed by atoms with E-state index in [0.717, 1.165) is 19.5 Å². The van der Waals surface area contributed by atoms with E-state index in [2.05, 4.69) is 0 Å². The fourth-order valence-electron chi connectivity index (χ4n) is 1.68. The minimum absolute atomic E-state index is 0.426. The Bertz CT molecular complexity index is 128. The molecule has 0 aromatic rings. The van der Waals surface area contributed by atoms with Gasteiger partial charge < -0.3 is 10.6 Å². The van der Waals surface area contributed by atoms with Crippen LogP contribution in [-0.2, 0) is 0 Å². The first-order valence-electron chi connectivity index (χ1n) is 4.44. The summed E-state index contributed by atoms with van der Waals surface area (Å²) < 4.78 is 24.6. The Morgan fingerprint density at radius 2 is 2.25 bits per heavy atom. The molecular weight excluding hydrogens is 162 g/mol. The van der Waals surface area contributed by atoms with Gasteiger partial charge in [-0.2, -0.15) is 0 Å². The molecule has 1 rings (SSSR count). The molecule has 1 aliphatic heterocycles. The van der Waals surface area contributed by atoms with Gasteiger partial charge in [0.2, 0.25) is 6.43 Å². The summed E-state index contributed by atoms with van der Waals surface area (Å²) in [6.07, 6.45) is -0.612. The number of alkyl halides is 2. The monoisotopic (exact) mass is 178 g/mol. The molecule has 2 nitrogen and oxygen atoms in total. The van der Waals surface area contributed by atoms with E-state index in [1.54, 1.807) is 0 Å². The molecule has 0 spiro atoms. The first-order chi connectivity index (χ1) is 5.74. The highest BCUT2D eigenvalue weighted by molar-refractivity contribution is 4.74. The van der Waals surface area contributed by atoms with Crippen molar-refractivity contribution < 1.29 is 8.78 Å². The predicted molar refractivity (Wildman–Crippen MR) is 44.2 cm³/mol. The van der Waals surface area contributed by atoms with Gasteiger partial charge in [0.1, 0.15) is 0 Å².